The van der Waals surface area contributed by atoms with Crippen LogP contribution in [0.5, 0.6) is 0 Å². The van der Waals surface area contributed by atoms with Crippen molar-refractivity contribution in [3.05, 3.63) is 65.7 Å². The molecule has 0 saturated heterocycles. The van der Waals surface area contributed by atoms with Gasteiger partial charge in [0.05, 0.1) is 5.92 Å². The highest BCUT2D eigenvalue weighted by molar-refractivity contribution is 7.99. The van der Waals surface area contributed by atoms with Crippen molar-refractivity contribution in [1.29, 1.82) is 0 Å². The number of hydrogen-bond donors (Lipinski definition) is 1. The lowest BCUT2D eigenvalue weighted by Gasteiger charge is -2.17. The number of hydrogen-bond acceptors (Lipinski definition) is 2. The first kappa shape index (κ1) is 13.3. The number of fused-ring (bicyclic) bond motifs is 1. The predicted octanol–water partition coefficient (Wildman–Crippen LogP) is 4.13. The highest BCUT2D eigenvalue weighted by Gasteiger charge is 2.29. The molecule has 2 atom stereocenters. The van der Waals surface area contributed by atoms with E-state index >= 15 is 0 Å². The van der Waals surface area contributed by atoms with E-state index in [1.165, 1.54) is 10.5 Å². The van der Waals surface area contributed by atoms with Crippen LogP contribution in [0.2, 0.25) is 0 Å². The average molecular weight is 284 g/mol. The summed E-state index contributed by atoms with van der Waals surface area (Å²) in [5.74, 6) is 0.159. The third-order valence-corrected chi connectivity index (χ3v) is 5.07. The normalized spacial score (nSPS) is 18.5. The van der Waals surface area contributed by atoms with E-state index in [2.05, 4.69) is 12.1 Å². The summed E-state index contributed by atoms with van der Waals surface area (Å²) in [4.78, 5) is 12.9. The third kappa shape index (κ3) is 2.59. The molecule has 1 heterocycles. The Morgan fingerprint density at radius 3 is 2.60 bits per heavy atom. The zero-order valence-electron chi connectivity index (χ0n) is 11.0. The van der Waals surface area contributed by atoms with Crippen LogP contribution in [0.25, 0.3) is 0 Å². The minimum Gasteiger partial charge on any atom is -0.481 e. The monoisotopic (exact) mass is 284 g/mol. The molecule has 0 saturated carbocycles. The number of thioether (sulfide) groups is 1. The summed E-state index contributed by atoms with van der Waals surface area (Å²) in [6.45, 7) is 0. The molecule has 102 valence electrons. The van der Waals surface area contributed by atoms with Crippen LogP contribution in [0, 0.1) is 0 Å². The van der Waals surface area contributed by atoms with E-state index < -0.39 is 11.9 Å². The van der Waals surface area contributed by atoms with E-state index in [0.29, 0.717) is 12.3 Å². The Bertz CT molecular complexity index is 609. The van der Waals surface area contributed by atoms with Gasteiger partial charge in [0.15, 0.2) is 0 Å². The lowest BCUT2D eigenvalue weighted by molar-refractivity contribution is -0.139. The van der Waals surface area contributed by atoms with Crippen molar-refractivity contribution in [3.63, 3.8) is 0 Å². The Morgan fingerprint density at radius 2 is 1.85 bits per heavy atom. The van der Waals surface area contributed by atoms with Gasteiger partial charge in [-0.15, -0.1) is 11.8 Å². The van der Waals surface area contributed by atoms with E-state index in [0.717, 1.165) is 11.3 Å². The lowest BCUT2D eigenvalue weighted by Crippen LogP contribution is -2.15. The van der Waals surface area contributed by atoms with Gasteiger partial charge in [-0.05, 0) is 29.5 Å². The van der Waals surface area contributed by atoms with E-state index in [1.54, 1.807) is 0 Å². The van der Waals surface area contributed by atoms with Gasteiger partial charge in [0.25, 0.3) is 0 Å². The highest BCUT2D eigenvalue weighted by atomic mass is 32.2. The maximum Gasteiger partial charge on any atom is 0.310 e. The average Bonchev–Trinajstić information content (AvgIpc) is 2.88. The number of carboxylic acids is 1. The van der Waals surface area contributed by atoms with Crippen molar-refractivity contribution in [3.8, 4) is 0 Å². The van der Waals surface area contributed by atoms with Crippen molar-refractivity contribution >= 4 is 17.7 Å². The topological polar surface area (TPSA) is 37.3 Å². The molecule has 0 radical (unpaired) electrons. The molecule has 0 aromatic heterocycles. The predicted molar refractivity (Wildman–Crippen MR) is 81.3 cm³/mol. The van der Waals surface area contributed by atoms with Crippen molar-refractivity contribution in [2.45, 2.75) is 23.2 Å². The zero-order chi connectivity index (χ0) is 13.9. The van der Waals surface area contributed by atoms with Crippen LogP contribution >= 0.6 is 11.8 Å². The molecular weight excluding hydrogens is 268 g/mol. The third-order valence-electron chi connectivity index (χ3n) is 3.82. The number of carbonyl (C=O) groups is 1. The Kier molecular flexibility index (Phi) is 3.79. The summed E-state index contributed by atoms with van der Waals surface area (Å²) in [6, 6.07) is 17.9. The molecule has 0 amide bonds. The van der Waals surface area contributed by atoms with Gasteiger partial charge in [0, 0.05) is 10.6 Å². The lowest BCUT2D eigenvalue weighted by atomic mass is 9.86. The fourth-order valence-corrected chi connectivity index (χ4v) is 4.05. The van der Waals surface area contributed by atoms with Gasteiger partial charge >= 0.3 is 5.97 Å². The number of carboxylic acid groups (broad SMARTS) is 1. The first-order valence-electron chi connectivity index (χ1n) is 6.75. The summed E-state index contributed by atoms with van der Waals surface area (Å²) < 4.78 is 0. The Hall–Kier alpha value is -1.74. The number of benzene rings is 2. The smallest absolute Gasteiger partial charge is 0.310 e. The fourth-order valence-electron chi connectivity index (χ4n) is 2.77. The van der Waals surface area contributed by atoms with Crippen LogP contribution in [0.15, 0.2) is 59.5 Å². The first-order valence-corrected chi connectivity index (χ1v) is 7.73. The summed E-state index contributed by atoms with van der Waals surface area (Å²) in [7, 11) is 0. The van der Waals surface area contributed by atoms with Crippen molar-refractivity contribution in [2.24, 2.45) is 0 Å². The summed E-state index contributed by atoms with van der Waals surface area (Å²) in [5.41, 5.74) is 2.20. The SMILES string of the molecule is O=C(O)C(CC1CSc2ccccc21)c1ccccc1. The molecule has 1 N–H and O–H groups in total. The molecule has 1 aliphatic heterocycles. The minimum atomic E-state index is -0.731. The van der Waals surface area contributed by atoms with Gasteiger partial charge in [-0.25, -0.2) is 0 Å². The number of rotatable bonds is 4. The Morgan fingerprint density at radius 1 is 1.15 bits per heavy atom. The van der Waals surface area contributed by atoms with Crippen LogP contribution in [-0.4, -0.2) is 16.8 Å². The van der Waals surface area contributed by atoms with Crippen LogP contribution in [0.4, 0.5) is 0 Å². The van der Waals surface area contributed by atoms with Gasteiger partial charge < -0.3 is 5.11 Å². The molecule has 3 rings (SSSR count). The van der Waals surface area contributed by atoms with Crippen molar-refractivity contribution in [1.82, 2.24) is 0 Å². The summed E-state index contributed by atoms with van der Waals surface area (Å²) in [6.07, 6.45) is 0.670. The Balaban J connectivity index is 1.84. The molecule has 2 unspecified atom stereocenters. The van der Waals surface area contributed by atoms with Crippen LogP contribution in [0.1, 0.15) is 29.4 Å². The molecule has 1 aliphatic rings. The quantitative estimate of drug-likeness (QED) is 0.917. The maximum absolute atomic E-state index is 11.6. The van der Waals surface area contributed by atoms with Crippen molar-refractivity contribution < 1.29 is 9.90 Å². The van der Waals surface area contributed by atoms with Crippen LogP contribution in [-0.2, 0) is 4.79 Å². The van der Waals surface area contributed by atoms with Gasteiger partial charge in [0.1, 0.15) is 0 Å². The molecule has 0 aliphatic carbocycles. The maximum atomic E-state index is 11.6. The minimum absolute atomic E-state index is 0.331. The molecule has 2 aromatic carbocycles. The molecule has 2 nitrogen and oxygen atoms in total. The molecule has 2 aromatic rings. The van der Waals surface area contributed by atoms with Gasteiger partial charge in [-0.1, -0.05) is 48.5 Å². The largest absolute Gasteiger partial charge is 0.481 e. The van der Waals surface area contributed by atoms with Gasteiger partial charge in [-0.2, -0.15) is 0 Å². The van der Waals surface area contributed by atoms with Crippen LogP contribution < -0.4 is 0 Å². The molecular formula is C17H16O2S. The second-order valence-corrected chi connectivity index (χ2v) is 6.14. The second-order valence-electron chi connectivity index (χ2n) is 5.08. The summed E-state index contributed by atoms with van der Waals surface area (Å²) >= 11 is 1.83. The van der Waals surface area contributed by atoms with E-state index in [1.807, 2.05) is 54.2 Å². The van der Waals surface area contributed by atoms with Crippen molar-refractivity contribution in [2.75, 3.05) is 5.75 Å². The molecule has 0 spiro atoms. The Labute approximate surface area is 122 Å². The van der Waals surface area contributed by atoms with Crippen LogP contribution in [0.3, 0.4) is 0 Å². The summed E-state index contributed by atoms with van der Waals surface area (Å²) in [5, 5.41) is 9.53. The second kappa shape index (κ2) is 5.71. The van der Waals surface area contributed by atoms with E-state index in [4.69, 9.17) is 0 Å². The molecule has 0 bridgehead atoms. The fraction of sp³-hybridized carbons (Fsp3) is 0.235. The van der Waals surface area contributed by atoms with E-state index in [9.17, 15) is 9.90 Å². The number of aliphatic carboxylic acids is 1. The van der Waals surface area contributed by atoms with Gasteiger partial charge in [-0.3, -0.25) is 4.79 Å². The zero-order valence-corrected chi connectivity index (χ0v) is 11.8. The molecule has 3 heteroatoms. The molecule has 0 fully saturated rings. The van der Waals surface area contributed by atoms with Gasteiger partial charge in [0.2, 0.25) is 0 Å². The first-order chi connectivity index (χ1) is 9.75. The molecule has 20 heavy (non-hydrogen) atoms. The van der Waals surface area contributed by atoms with E-state index in [-0.39, 0.29) is 0 Å². The standard InChI is InChI=1S/C17H16O2S/c18-17(19)15(12-6-2-1-3-7-12)10-13-11-20-16-9-5-4-8-14(13)16/h1-9,13,15H,10-11H2,(H,18,19). The highest BCUT2D eigenvalue weighted by Crippen LogP contribution is 2.43.